The standard InChI is InChI=1S/C19H17N5OS/c1-2-26-19-23-22-17(24(19)13-8-4-3-5-9-13)12-16-18(25)21-15-11-7-6-10-14(15)20-16/h3-11H,2,12H2,1H3,(H,21,25). The van der Waals surface area contributed by atoms with E-state index in [1.807, 2.05) is 59.2 Å². The molecule has 1 N–H and O–H groups in total. The number of para-hydroxylation sites is 3. The maximum atomic E-state index is 12.4. The first-order valence-electron chi connectivity index (χ1n) is 8.36. The van der Waals surface area contributed by atoms with Gasteiger partial charge in [0.15, 0.2) is 5.16 Å². The molecule has 130 valence electrons. The van der Waals surface area contributed by atoms with Crippen molar-refractivity contribution in [1.82, 2.24) is 24.7 Å². The molecule has 0 bridgehead atoms. The summed E-state index contributed by atoms with van der Waals surface area (Å²) in [6.07, 6.45) is 0.312. The summed E-state index contributed by atoms with van der Waals surface area (Å²) in [4.78, 5) is 19.9. The minimum absolute atomic E-state index is 0.198. The highest BCUT2D eigenvalue weighted by Crippen LogP contribution is 2.22. The Balaban J connectivity index is 1.80. The zero-order chi connectivity index (χ0) is 17.9. The Morgan fingerprint density at radius 1 is 1.04 bits per heavy atom. The second-order valence-electron chi connectivity index (χ2n) is 5.71. The lowest BCUT2D eigenvalue weighted by atomic mass is 10.2. The van der Waals surface area contributed by atoms with Gasteiger partial charge in [0.25, 0.3) is 5.56 Å². The van der Waals surface area contributed by atoms with E-state index in [1.165, 1.54) is 0 Å². The molecule has 0 saturated heterocycles. The highest BCUT2D eigenvalue weighted by Gasteiger charge is 2.16. The monoisotopic (exact) mass is 363 g/mol. The van der Waals surface area contributed by atoms with Gasteiger partial charge in [0.1, 0.15) is 11.5 Å². The second-order valence-corrected chi connectivity index (χ2v) is 6.94. The zero-order valence-electron chi connectivity index (χ0n) is 14.2. The molecule has 0 amide bonds. The van der Waals surface area contributed by atoms with Crippen molar-refractivity contribution in [2.45, 2.75) is 18.5 Å². The van der Waals surface area contributed by atoms with E-state index >= 15 is 0 Å². The average molecular weight is 363 g/mol. The predicted octanol–water partition coefficient (Wildman–Crippen LogP) is 3.21. The zero-order valence-corrected chi connectivity index (χ0v) is 15.0. The Morgan fingerprint density at radius 3 is 2.62 bits per heavy atom. The molecule has 0 aliphatic heterocycles. The Morgan fingerprint density at radius 2 is 1.81 bits per heavy atom. The van der Waals surface area contributed by atoms with Crippen LogP contribution in [-0.4, -0.2) is 30.5 Å². The van der Waals surface area contributed by atoms with Gasteiger partial charge in [-0.25, -0.2) is 4.98 Å². The molecule has 0 atom stereocenters. The summed E-state index contributed by atoms with van der Waals surface area (Å²) >= 11 is 1.62. The number of nitrogens with one attached hydrogen (secondary N) is 1. The lowest BCUT2D eigenvalue weighted by Gasteiger charge is -2.09. The Kier molecular flexibility index (Phi) is 4.53. The van der Waals surface area contributed by atoms with Gasteiger partial charge in [-0.2, -0.15) is 0 Å². The largest absolute Gasteiger partial charge is 0.319 e. The molecule has 26 heavy (non-hydrogen) atoms. The van der Waals surface area contributed by atoms with E-state index < -0.39 is 0 Å². The van der Waals surface area contributed by atoms with Crippen molar-refractivity contribution in [2.24, 2.45) is 0 Å². The molecular formula is C19H17N5OS. The van der Waals surface area contributed by atoms with Crippen LogP contribution in [0.1, 0.15) is 18.4 Å². The van der Waals surface area contributed by atoms with Crippen LogP contribution in [0, 0.1) is 0 Å². The summed E-state index contributed by atoms with van der Waals surface area (Å²) in [6.45, 7) is 2.07. The highest BCUT2D eigenvalue weighted by molar-refractivity contribution is 7.99. The first-order valence-corrected chi connectivity index (χ1v) is 9.35. The number of hydrogen-bond donors (Lipinski definition) is 1. The molecule has 2 heterocycles. The summed E-state index contributed by atoms with van der Waals surface area (Å²) in [7, 11) is 0. The lowest BCUT2D eigenvalue weighted by Crippen LogP contribution is -2.17. The summed E-state index contributed by atoms with van der Waals surface area (Å²) in [6, 6.07) is 17.4. The number of rotatable bonds is 5. The summed E-state index contributed by atoms with van der Waals surface area (Å²) in [5, 5.41) is 9.44. The van der Waals surface area contributed by atoms with Crippen molar-refractivity contribution in [3.05, 3.63) is 76.5 Å². The summed E-state index contributed by atoms with van der Waals surface area (Å²) < 4.78 is 1.99. The molecule has 2 aromatic carbocycles. The first kappa shape index (κ1) is 16.5. The predicted molar refractivity (Wildman–Crippen MR) is 103 cm³/mol. The molecule has 0 aliphatic rings. The van der Waals surface area contributed by atoms with Gasteiger partial charge in [-0.1, -0.05) is 49.0 Å². The van der Waals surface area contributed by atoms with Crippen molar-refractivity contribution in [2.75, 3.05) is 5.75 Å². The minimum Gasteiger partial charge on any atom is -0.319 e. The van der Waals surface area contributed by atoms with E-state index in [0.29, 0.717) is 17.9 Å². The minimum atomic E-state index is -0.198. The quantitative estimate of drug-likeness (QED) is 0.551. The number of H-pyrrole nitrogens is 1. The van der Waals surface area contributed by atoms with Crippen molar-refractivity contribution < 1.29 is 0 Å². The van der Waals surface area contributed by atoms with Crippen molar-refractivity contribution in [3.8, 4) is 5.69 Å². The fourth-order valence-electron chi connectivity index (χ4n) is 2.81. The maximum Gasteiger partial charge on any atom is 0.270 e. The van der Waals surface area contributed by atoms with Crippen molar-refractivity contribution in [3.63, 3.8) is 0 Å². The molecule has 4 rings (SSSR count). The molecular weight excluding hydrogens is 346 g/mol. The van der Waals surface area contributed by atoms with Crippen molar-refractivity contribution >= 4 is 22.8 Å². The van der Waals surface area contributed by atoms with E-state index in [9.17, 15) is 4.79 Å². The van der Waals surface area contributed by atoms with Gasteiger partial charge < -0.3 is 4.98 Å². The smallest absolute Gasteiger partial charge is 0.270 e. The van der Waals surface area contributed by atoms with Gasteiger partial charge in [-0.15, -0.1) is 10.2 Å². The Bertz CT molecular complexity index is 1100. The van der Waals surface area contributed by atoms with Crippen LogP contribution in [0.3, 0.4) is 0 Å². The van der Waals surface area contributed by atoms with Crippen LogP contribution in [-0.2, 0) is 6.42 Å². The van der Waals surface area contributed by atoms with Crippen LogP contribution < -0.4 is 5.56 Å². The van der Waals surface area contributed by atoms with Gasteiger partial charge in [0.05, 0.1) is 17.5 Å². The van der Waals surface area contributed by atoms with E-state index in [2.05, 4.69) is 27.1 Å². The molecule has 0 unspecified atom stereocenters. The molecule has 0 spiro atoms. The fourth-order valence-corrected chi connectivity index (χ4v) is 3.51. The maximum absolute atomic E-state index is 12.4. The number of hydrogen-bond acceptors (Lipinski definition) is 5. The second kappa shape index (κ2) is 7.13. The average Bonchev–Trinajstić information content (AvgIpc) is 3.06. The first-order chi connectivity index (χ1) is 12.8. The number of thioether (sulfide) groups is 1. The van der Waals surface area contributed by atoms with E-state index in [0.717, 1.165) is 27.6 Å². The Hall–Kier alpha value is -2.93. The van der Waals surface area contributed by atoms with Crippen LogP contribution in [0.5, 0.6) is 0 Å². The van der Waals surface area contributed by atoms with Crippen LogP contribution >= 0.6 is 11.8 Å². The number of nitrogens with zero attached hydrogens (tertiary/aromatic N) is 4. The number of benzene rings is 2. The Labute approximate surface area is 154 Å². The van der Waals surface area contributed by atoms with Crippen LogP contribution in [0.2, 0.25) is 0 Å². The molecule has 6 nitrogen and oxygen atoms in total. The number of aromatic nitrogens is 5. The topological polar surface area (TPSA) is 76.5 Å². The number of fused-ring (bicyclic) bond motifs is 1. The van der Waals surface area contributed by atoms with Crippen LogP contribution in [0.4, 0.5) is 0 Å². The highest BCUT2D eigenvalue weighted by atomic mass is 32.2. The van der Waals surface area contributed by atoms with Gasteiger partial charge in [0.2, 0.25) is 0 Å². The molecule has 0 fully saturated rings. The summed E-state index contributed by atoms with van der Waals surface area (Å²) in [5.41, 5.74) is 2.70. The van der Waals surface area contributed by atoms with Gasteiger partial charge in [0, 0.05) is 5.69 Å². The molecule has 4 aromatic rings. The summed E-state index contributed by atoms with van der Waals surface area (Å²) in [5.74, 6) is 1.58. The van der Waals surface area contributed by atoms with Gasteiger partial charge in [-0.3, -0.25) is 9.36 Å². The van der Waals surface area contributed by atoms with Gasteiger partial charge >= 0.3 is 0 Å². The third kappa shape index (κ3) is 3.13. The molecule has 0 aliphatic carbocycles. The van der Waals surface area contributed by atoms with Crippen molar-refractivity contribution in [1.29, 1.82) is 0 Å². The molecule has 0 radical (unpaired) electrons. The van der Waals surface area contributed by atoms with Crippen LogP contribution in [0.15, 0.2) is 64.5 Å². The fraction of sp³-hybridized carbons (Fsp3) is 0.158. The van der Waals surface area contributed by atoms with E-state index in [1.54, 1.807) is 11.8 Å². The van der Waals surface area contributed by atoms with E-state index in [-0.39, 0.29) is 5.56 Å². The molecule has 2 aromatic heterocycles. The third-order valence-electron chi connectivity index (χ3n) is 3.98. The number of aromatic amines is 1. The molecule has 7 heteroatoms. The van der Waals surface area contributed by atoms with E-state index in [4.69, 9.17) is 0 Å². The normalized spacial score (nSPS) is 11.1. The lowest BCUT2D eigenvalue weighted by molar-refractivity contribution is 0.835. The van der Waals surface area contributed by atoms with Gasteiger partial charge in [-0.05, 0) is 30.0 Å². The third-order valence-corrected chi connectivity index (χ3v) is 4.79. The molecule has 0 saturated carbocycles. The van der Waals surface area contributed by atoms with Crippen LogP contribution in [0.25, 0.3) is 16.7 Å². The SMILES string of the molecule is CCSc1nnc(Cc2nc3ccccc3[nH]c2=O)n1-c1ccccc1.